The Bertz CT molecular complexity index is 233. The summed E-state index contributed by atoms with van der Waals surface area (Å²) in [6.07, 6.45) is 2.77. The Hall–Kier alpha value is -0.610. The minimum atomic E-state index is -0.708. The summed E-state index contributed by atoms with van der Waals surface area (Å²) in [7, 11) is 4.19. The van der Waals surface area contributed by atoms with Crippen LogP contribution in [0.5, 0.6) is 0 Å². The molecule has 2 unspecified atom stereocenters. The van der Waals surface area contributed by atoms with Crippen LogP contribution in [0.25, 0.3) is 0 Å². The molecular formula is C12H24N2O2. The number of rotatable bonds is 5. The first-order valence-corrected chi connectivity index (χ1v) is 6.09. The van der Waals surface area contributed by atoms with Crippen LogP contribution in [0.4, 0.5) is 0 Å². The lowest BCUT2D eigenvalue weighted by atomic mass is 9.97. The Morgan fingerprint density at radius 3 is 2.88 bits per heavy atom. The van der Waals surface area contributed by atoms with Gasteiger partial charge in [-0.15, -0.1) is 0 Å². The van der Waals surface area contributed by atoms with Gasteiger partial charge >= 0.3 is 5.97 Å². The molecule has 1 saturated heterocycles. The number of aliphatic carboxylic acids is 1. The fourth-order valence-electron chi connectivity index (χ4n) is 2.42. The number of hydrogen-bond donors (Lipinski definition) is 1. The highest BCUT2D eigenvalue weighted by atomic mass is 16.4. The molecule has 1 aliphatic heterocycles. The van der Waals surface area contributed by atoms with Crippen LogP contribution in [0.3, 0.4) is 0 Å². The van der Waals surface area contributed by atoms with E-state index < -0.39 is 5.97 Å². The van der Waals surface area contributed by atoms with E-state index in [1.807, 2.05) is 14.0 Å². The van der Waals surface area contributed by atoms with Gasteiger partial charge in [0.25, 0.3) is 0 Å². The fourth-order valence-corrected chi connectivity index (χ4v) is 2.42. The highest BCUT2D eigenvalue weighted by Gasteiger charge is 2.21. The molecule has 0 aromatic carbocycles. The van der Waals surface area contributed by atoms with Gasteiger partial charge in [0.15, 0.2) is 0 Å². The lowest BCUT2D eigenvalue weighted by Gasteiger charge is -2.34. The van der Waals surface area contributed by atoms with Gasteiger partial charge in [-0.25, -0.2) is 0 Å². The van der Waals surface area contributed by atoms with Gasteiger partial charge in [0, 0.05) is 19.1 Å². The molecule has 16 heavy (non-hydrogen) atoms. The maximum absolute atomic E-state index is 10.6. The van der Waals surface area contributed by atoms with Crippen molar-refractivity contribution in [2.45, 2.75) is 32.2 Å². The van der Waals surface area contributed by atoms with Crippen molar-refractivity contribution in [3.63, 3.8) is 0 Å². The minimum absolute atomic E-state index is 0.129. The van der Waals surface area contributed by atoms with Gasteiger partial charge in [-0.05, 0) is 46.3 Å². The monoisotopic (exact) mass is 228 g/mol. The molecule has 0 radical (unpaired) electrons. The van der Waals surface area contributed by atoms with Crippen molar-refractivity contribution >= 4 is 5.97 Å². The molecule has 0 aliphatic carbocycles. The molecule has 94 valence electrons. The van der Waals surface area contributed by atoms with Crippen molar-refractivity contribution in [3.8, 4) is 0 Å². The van der Waals surface area contributed by atoms with Crippen LogP contribution in [0, 0.1) is 5.92 Å². The van der Waals surface area contributed by atoms with Crippen LogP contribution in [-0.2, 0) is 4.79 Å². The number of carbonyl (C=O) groups is 1. The number of hydrogen-bond acceptors (Lipinski definition) is 3. The summed E-state index contributed by atoms with van der Waals surface area (Å²) in [4.78, 5) is 15.2. The standard InChI is InChI=1S/C12H24N2O2/c1-10(7-12(15)16)14(3)9-11-5-4-6-13(2)8-11/h10-11H,4-9H2,1-3H3,(H,15,16). The van der Waals surface area contributed by atoms with E-state index in [9.17, 15) is 4.79 Å². The topological polar surface area (TPSA) is 43.8 Å². The van der Waals surface area contributed by atoms with E-state index >= 15 is 0 Å². The average molecular weight is 228 g/mol. The number of likely N-dealkylation sites (tertiary alicyclic amines) is 1. The molecule has 4 heteroatoms. The second kappa shape index (κ2) is 6.21. The van der Waals surface area contributed by atoms with E-state index in [0.717, 1.165) is 13.1 Å². The maximum Gasteiger partial charge on any atom is 0.304 e. The summed E-state index contributed by atoms with van der Waals surface area (Å²) < 4.78 is 0. The molecule has 4 nitrogen and oxygen atoms in total. The smallest absolute Gasteiger partial charge is 0.304 e. The van der Waals surface area contributed by atoms with Gasteiger partial charge in [-0.2, -0.15) is 0 Å². The fraction of sp³-hybridized carbons (Fsp3) is 0.917. The summed E-state index contributed by atoms with van der Waals surface area (Å²) in [5.41, 5.74) is 0. The van der Waals surface area contributed by atoms with E-state index in [1.165, 1.54) is 19.4 Å². The Morgan fingerprint density at radius 2 is 2.31 bits per heavy atom. The Morgan fingerprint density at radius 1 is 1.62 bits per heavy atom. The number of carboxylic acids is 1. The van der Waals surface area contributed by atoms with Crippen molar-refractivity contribution in [1.82, 2.24) is 9.80 Å². The first-order valence-electron chi connectivity index (χ1n) is 6.09. The van der Waals surface area contributed by atoms with Crippen molar-refractivity contribution in [2.75, 3.05) is 33.7 Å². The Kier molecular flexibility index (Phi) is 5.22. The Labute approximate surface area is 98.2 Å². The van der Waals surface area contributed by atoms with Gasteiger partial charge in [0.05, 0.1) is 6.42 Å². The van der Waals surface area contributed by atoms with Crippen LogP contribution in [-0.4, -0.2) is 60.6 Å². The summed E-state index contributed by atoms with van der Waals surface area (Å²) in [5, 5.41) is 8.75. The normalized spacial score (nSPS) is 24.6. The molecule has 1 rings (SSSR count). The molecule has 0 aromatic heterocycles. The zero-order chi connectivity index (χ0) is 12.1. The molecule has 0 bridgehead atoms. The SMILES string of the molecule is CC(CC(=O)O)N(C)CC1CCCN(C)C1. The summed E-state index contributed by atoms with van der Waals surface area (Å²) in [6.45, 7) is 5.34. The molecular weight excluding hydrogens is 204 g/mol. The maximum atomic E-state index is 10.6. The summed E-state index contributed by atoms with van der Waals surface area (Å²) in [5.74, 6) is -0.0138. The molecule has 0 aromatic rings. The van der Waals surface area contributed by atoms with Gasteiger partial charge < -0.3 is 14.9 Å². The van der Waals surface area contributed by atoms with Crippen LogP contribution in [0.2, 0.25) is 0 Å². The molecule has 0 saturated carbocycles. The quantitative estimate of drug-likeness (QED) is 0.766. The minimum Gasteiger partial charge on any atom is -0.481 e. The van der Waals surface area contributed by atoms with Gasteiger partial charge in [-0.1, -0.05) is 0 Å². The van der Waals surface area contributed by atoms with Gasteiger partial charge in [0.1, 0.15) is 0 Å². The third-order valence-corrected chi connectivity index (χ3v) is 3.49. The van der Waals surface area contributed by atoms with Crippen molar-refractivity contribution in [1.29, 1.82) is 0 Å². The van der Waals surface area contributed by atoms with Gasteiger partial charge in [-0.3, -0.25) is 4.79 Å². The van der Waals surface area contributed by atoms with Crippen LogP contribution >= 0.6 is 0 Å². The predicted octanol–water partition coefficient (Wildman–Crippen LogP) is 1.12. The zero-order valence-electron chi connectivity index (χ0n) is 10.6. The first-order chi connectivity index (χ1) is 7.49. The largest absolute Gasteiger partial charge is 0.481 e. The van der Waals surface area contributed by atoms with E-state index in [-0.39, 0.29) is 12.5 Å². The molecule has 0 spiro atoms. The third kappa shape index (κ3) is 4.49. The van der Waals surface area contributed by atoms with Crippen molar-refractivity contribution in [2.24, 2.45) is 5.92 Å². The lowest BCUT2D eigenvalue weighted by Crippen LogP contribution is -2.41. The van der Waals surface area contributed by atoms with Crippen molar-refractivity contribution < 1.29 is 9.90 Å². The highest BCUT2D eigenvalue weighted by molar-refractivity contribution is 5.67. The molecule has 1 heterocycles. The second-order valence-corrected chi connectivity index (χ2v) is 5.16. The zero-order valence-corrected chi connectivity index (χ0v) is 10.6. The van der Waals surface area contributed by atoms with E-state index in [2.05, 4.69) is 16.8 Å². The molecule has 1 N–H and O–H groups in total. The second-order valence-electron chi connectivity index (χ2n) is 5.16. The molecule has 2 atom stereocenters. The third-order valence-electron chi connectivity index (χ3n) is 3.49. The highest BCUT2D eigenvalue weighted by Crippen LogP contribution is 2.17. The lowest BCUT2D eigenvalue weighted by molar-refractivity contribution is -0.138. The number of nitrogens with zero attached hydrogens (tertiary/aromatic N) is 2. The summed E-state index contributed by atoms with van der Waals surface area (Å²) in [6, 6.07) is 0.129. The predicted molar refractivity (Wildman–Crippen MR) is 64.6 cm³/mol. The van der Waals surface area contributed by atoms with Gasteiger partial charge in [0.2, 0.25) is 0 Å². The first kappa shape index (κ1) is 13.5. The van der Waals surface area contributed by atoms with E-state index in [1.54, 1.807) is 0 Å². The molecule has 1 aliphatic rings. The van der Waals surface area contributed by atoms with Crippen LogP contribution < -0.4 is 0 Å². The summed E-state index contributed by atoms with van der Waals surface area (Å²) >= 11 is 0. The molecule has 1 fully saturated rings. The van der Waals surface area contributed by atoms with Crippen LogP contribution in [0.15, 0.2) is 0 Å². The Balaban J connectivity index is 2.32. The van der Waals surface area contributed by atoms with Crippen LogP contribution in [0.1, 0.15) is 26.2 Å². The van der Waals surface area contributed by atoms with E-state index in [0.29, 0.717) is 5.92 Å². The van der Waals surface area contributed by atoms with E-state index in [4.69, 9.17) is 5.11 Å². The number of carboxylic acid groups (broad SMARTS) is 1. The molecule has 0 amide bonds. The van der Waals surface area contributed by atoms with Crippen molar-refractivity contribution in [3.05, 3.63) is 0 Å². The average Bonchev–Trinajstić information content (AvgIpc) is 2.16. The number of piperidine rings is 1.